The van der Waals surface area contributed by atoms with E-state index in [9.17, 15) is 0 Å². The van der Waals surface area contributed by atoms with Crippen LogP contribution in [0.2, 0.25) is 0 Å². The van der Waals surface area contributed by atoms with Gasteiger partial charge in [0.1, 0.15) is 0 Å². The van der Waals surface area contributed by atoms with Gasteiger partial charge in [-0.15, -0.1) is 0 Å². The second-order valence-electron chi connectivity index (χ2n) is 4.26. The fourth-order valence-corrected chi connectivity index (χ4v) is 1.13. The maximum atomic E-state index is 8.99. The molecular formula is C12H16N2O. The van der Waals surface area contributed by atoms with Crippen LogP contribution in [0.15, 0.2) is 18.2 Å². The lowest BCUT2D eigenvalue weighted by Gasteiger charge is -2.16. The van der Waals surface area contributed by atoms with E-state index in [0.717, 1.165) is 5.69 Å². The smallest absolute Gasteiger partial charge is 0.213 e. The monoisotopic (exact) mass is 204 g/mol. The number of nitriles is 1. The van der Waals surface area contributed by atoms with Crippen LogP contribution in [-0.4, -0.2) is 11.1 Å². The van der Waals surface area contributed by atoms with Crippen molar-refractivity contribution < 1.29 is 4.74 Å². The molecule has 1 heterocycles. The van der Waals surface area contributed by atoms with E-state index in [-0.39, 0.29) is 6.10 Å². The molecule has 3 heteroatoms. The van der Waals surface area contributed by atoms with Crippen molar-refractivity contribution in [2.45, 2.75) is 39.2 Å². The summed E-state index contributed by atoms with van der Waals surface area (Å²) in [5.74, 6) is 0.575. The molecule has 1 rings (SSSR count). The van der Waals surface area contributed by atoms with Gasteiger partial charge in [0.25, 0.3) is 0 Å². The maximum absolute atomic E-state index is 8.99. The van der Waals surface area contributed by atoms with Gasteiger partial charge in [0, 0.05) is 6.07 Å². The van der Waals surface area contributed by atoms with Gasteiger partial charge >= 0.3 is 0 Å². The van der Waals surface area contributed by atoms with Crippen LogP contribution < -0.4 is 4.74 Å². The zero-order valence-electron chi connectivity index (χ0n) is 9.61. The maximum Gasteiger partial charge on any atom is 0.213 e. The van der Waals surface area contributed by atoms with E-state index in [1.807, 2.05) is 39.8 Å². The highest BCUT2D eigenvalue weighted by molar-refractivity contribution is 5.26. The molecule has 0 unspecified atom stereocenters. The molecule has 0 saturated heterocycles. The first-order chi connectivity index (χ1) is 6.95. The van der Waals surface area contributed by atoms with E-state index in [1.54, 1.807) is 6.07 Å². The van der Waals surface area contributed by atoms with Crippen molar-refractivity contribution in [1.29, 1.82) is 5.26 Å². The Labute approximate surface area is 90.7 Å². The van der Waals surface area contributed by atoms with E-state index in [1.165, 1.54) is 0 Å². The van der Waals surface area contributed by atoms with Crippen molar-refractivity contribution in [3.63, 3.8) is 0 Å². The number of aromatic nitrogens is 1. The summed E-state index contributed by atoms with van der Waals surface area (Å²) >= 11 is 0. The standard InChI is InChI=1S/C12H16N2O/c1-9(2)15-11-7-5-6-10(14-11)12(3,4)8-13/h5-7,9H,1-4H3. The summed E-state index contributed by atoms with van der Waals surface area (Å²) < 4.78 is 5.47. The number of ether oxygens (including phenoxy) is 1. The molecule has 0 N–H and O–H groups in total. The Morgan fingerprint density at radius 2 is 2.07 bits per heavy atom. The molecule has 0 aliphatic carbocycles. The SMILES string of the molecule is CC(C)Oc1cccc(C(C)(C)C#N)n1. The highest BCUT2D eigenvalue weighted by Crippen LogP contribution is 2.22. The van der Waals surface area contributed by atoms with Crippen LogP contribution in [0.5, 0.6) is 5.88 Å². The molecule has 0 aliphatic heterocycles. The Hall–Kier alpha value is -1.56. The lowest BCUT2D eigenvalue weighted by molar-refractivity contribution is 0.231. The van der Waals surface area contributed by atoms with Gasteiger partial charge < -0.3 is 4.74 Å². The average molecular weight is 204 g/mol. The molecule has 0 fully saturated rings. The number of rotatable bonds is 3. The predicted molar refractivity (Wildman–Crippen MR) is 58.6 cm³/mol. The summed E-state index contributed by atoms with van der Waals surface area (Å²) in [6.07, 6.45) is 0.0953. The first-order valence-corrected chi connectivity index (χ1v) is 5.01. The van der Waals surface area contributed by atoms with E-state index < -0.39 is 5.41 Å². The molecule has 0 radical (unpaired) electrons. The van der Waals surface area contributed by atoms with Gasteiger partial charge in [0.15, 0.2) is 0 Å². The minimum absolute atomic E-state index is 0.0953. The molecule has 1 aromatic rings. The molecule has 0 atom stereocenters. The minimum Gasteiger partial charge on any atom is -0.475 e. The summed E-state index contributed by atoms with van der Waals surface area (Å²) in [5.41, 5.74) is 0.166. The fourth-order valence-electron chi connectivity index (χ4n) is 1.13. The topological polar surface area (TPSA) is 45.9 Å². The number of pyridine rings is 1. The molecule has 80 valence electrons. The van der Waals surface area contributed by atoms with Gasteiger partial charge in [-0.3, -0.25) is 0 Å². The van der Waals surface area contributed by atoms with Gasteiger partial charge in [0.2, 0.25) is 5.88 Å². The van der Waals surface area contributed by atoms with Crippen molar-refractivity contribution in [2.24, 2.45) is 0 Å². The average Bonchev–Trinajstić information content (AvgIpc) is 2.17. The minimum atomic E-state index is -0.573. The van der Waals surface area contributed by atoms with Crippen molar-refractivity contribution in [3.05, 3.63) is 23.9 Å². The molecule has 0 spiro atoms. The molecule has 0 saturated carbocycles. The Morgan fingerprint density at radius 1 is 1.40 bits per heavy atom. The van der Waals surface area contributed by atoms with Gasteiger partial charge in [-0.05, 0) is 33.8 Å². The van der Waals surface area contributed by atoms with Crippen LogP contribution in [0.3, 0.4) is 0 Å². The van der Waals surface area contributed by atoms with Gasteiger partial charge in [-0.1, -0.05) is 6.07 Å². The number of nitrogens with zero attached hydrogens (tertiary/aromatic N) is 2. The second-order valence-corrected chi connectivity index (χ2v) is 4.26. The molecule has 0 aliphatic rings. The van der Waals surface area contributed by atoms with Crippen LogP contribution >= 0.6 is 0 Å². The molecule has 1 aromatic heterocycles. The van der Waals surface area contributed by atoms with Crippen LogP contribution in [0.25, 0.3) is 0 Å². The summed E-state index contributed by atoms with van der Waals surface area (Å²) in [4.78, 5) is 4.31. The van der Waals surface area contributed by atoms with E-state index in [2.05, 4.69) is 11.1 Å². The van der Waals surface area contributed by atoms with Crippen LogP contribution in [0.4, 0.5) is 0 Å². The molecular weight excluding hydrogens is 188 g/mol. The van der Waals surface area contributed by atoms with E-state index in [4.69, 9.17) is 10.00 Å². The number of hydrogen-bond acceptors (Lipinski definition) is 3. The quantitative estimate of drug-likeness (QED) is 0.760. The Bertz CT molecular complexity index is 377. The zero-order valence-corrected chi connectivity index (χ0v) is 9.61. The van der Waals surface area contributed by atoms with Crippen LogP contribution in [-0.2, 0) is 5.41 Å². The van der Waals surface area contributed by atoms with Crippen molar-refractivity contribution >= 4 is 0 Å². The largest absolute Gasteiger partial charge is 0.475 e. The molecule has 0 amide bonds. The van der Waals surface area contributed by atoms with Gasteiger partial charge in [0.05, 0.1) is 23.3 Å². The third kappa shape index (κ3) is 2.95. The van der Waals surface area contributed by atoms with Crippen LogP contribution in [0.1, 0.15) is 33.4 Å². The van der Waals surface area contributed by atoms with E-state index in [0.29, 0.717) is 5.88 Å². The summed E-state index contributed by atoms with van der Waals surface area (Å²) in [7, 11) is 0. The van der Waals surface area contributed by atoms with Gasteiger partial charge in [-0.2, -0.15) is 5.26 Å². The predicted octanol–water partition coefficient (Wildman–Crippen LogP) is 2.67. The summed E-state index contributed by atoms with van der Waals surface area (Å²) in [6, 6.07) is 7.73. The van der Waals surface area contributed by atoms with Crippen LogP contribution in [0, 0.1) is 11.3 Å². The summed E-state index contributed by atoms with van der Waals surface area (Å²) in [6.45, 7) is 7.58. The molecule has 0 bridgehead atoms. The lowest BCUT2D eigenvalue weighted by Crippen LogP contribution is -2.17. The van der Waals surface area contributed by atoms with Crippen molar-refractivity contribution in [1.82, 2.24) is 4.98 Å². The fraction of sp³-hybridized carbons (Fsp3) is 0.500. The lowest BCUT2D eigenvalue weighted by atomic mass is 9.91. The van der Waals surface area contributed by atoms with Crippen molar-refractivity contribution in [3.8, 4) is 11.9 Å². The van der Waals surface area contributed by atoms with E-state index >= 15 is 0 Å². The first-order valence-electron chi connectivity index (χ1n) is 5.01. The second kappa shape index (κ2) is 4.31. The van der Waals surface area contributed by atoms with Gasteiger partial charge in [-0.25, -0.2) is 4.98 Å². The number of hydrogen-bond donors (Lipinski definition) is 0. The molecule has 3 nitrogen and oxygen atoms in total. The zero-order chi connectivity index (χ0) is 11.5. The Balaban J connectivity index is 2.99. The first kappa shape index (κ1) is 11.5. The summed E-state index contributed by atoms with van der Waals surface area (Å²) in [5, 5.41) is 8.99. The molecule has 0 aromatic carbocycles. The normalized spacial score (nSPS) is 11.2. The third-order valence-corrected chi connectivity index (χ3v) is 2.00. The Morgan fingerprint density at radius 3 is 2.60 bits per heavy atom. The Kier molecular flexibility index (Phi) is 3.31. The molecule has 15 heavy (non-hydrogen) atoms. The highest BCUT2D eigenvalue weighted by atomic mass is 16.5. The van der Waals surface area contributed by atoms with Crippen molar-refractivity contribution in [2.75, 3.05) is 0 Å². The third-order valence-electron chi connectivity index (χ3n) is 2.00. The highest BCUT2D eigenvalue weighted by Gasteiger charge is 2.21.